The molecule has 0 aliphatic rings. The smallest absolute Gasteiger partial charge is 0.0267 e. The molecular formula is C9H17N. The van der Waals surface area contributed by atoms with Gasteiger partial charge in [0.1, 0.15) is 0 Å². The molecule has 0 atom stereocenters. The molecule has 0 amide bonds. The van der Waals surface area contributed by atoms with Crippen LogP contribution in [0.3, 0.4) is 0 Å². The first kappa shape index (κ1) is 9.28. The van der Waals surface area contributed by atoms with Gasteiger partial charge in [-0.1, -0.05) is 31.9 Å². The molecule has 0 saturated carbocycles. The van der Waals surface area contributed by atoms with Crippen molar-refractivity contribution < 1.29 is 0 Å². The van der Waals surface area contributed by atoms with Gasteiger partial charge in [-0.2, -0.15) is 0 Å². The van der Waals surface area contributed by atoms with E-state index in [1.165, 1.54) is 12.8 Å². The first-order chi connectivity index (χ1) is 4.81. The molecule has 0 saturated heterocycles. The number of hydrogen-bond donors (Lipinski definition) is 1. The Balaban J connectivity index is 3.37. The van der Waals surface area contributed by atoms with Gasteiger partial charge in [0.05, 0.1) is 0 Å². The molecule has 0 aromatic carbocycles. The van der Waals surface area contributed by atoms with Gasteiger partial charge in [-0.05, 0) is 19.4 Å². The third-order valence-electron chi connectivity index (χ3n) is 1.37. The zero-order chi connectivity index (χ0) is 7.82. The van der Waals surface area contributed by atoms with Crippen LogP contribution in [0.4, 0.5) is 0 Å². The number of unbranched alkanes of at least 4 members (excludes halogenated alkanes) is 2. The maximum atomic E-state index is 5.53. The molecule has 0 bridgehead atoms. The highest BCUT2D eigenvalue weighted by molar-refractivity contribution is 5.13. The summed E-state index contributed by atoms with van der Waals surface area (Å²) in [6, 6.07) is 0. The summed E-state index contributed by atoms with van der Waals surface area (Å²) in [7, 11) is 0. The lowest BCUT2D eigenvalue weighted by Gasteiger charge is -1.89. The second kappa shape index (κ2) is 6.40. The van der Waals surface area contributed by atoms with Crippen molar-refractivity contribution in [2.75, 3.05) is 0 Å². The average Bonchev–Trinajstić information content (AvgIpc) is 1.98. The normalized spacial score (nSPS) is 12.8. The Hall–Kier alpha value is -0.720. The van der Waals surface area contributed by atoms with E-state index < -0.39 is 0 Å². The summed E-state index contributed by atoms with van der Waals surface area (Å²) in [6.45, 7) is 4.13. The van der Waals surface area contributed by atoms with E-state index in [2.05, 4.69) is 13.0 Å². The first-order valence-electron chi connectivity index (χ1n) is 3.89. The Kier molecular flexibility index (Phi) is 5.94. The molecule has 10 heavy (non-hydrogen) atoms. The van der Waals surface area contributed by atoms with Crippen LogP contribution >= 0.6 is 0 Å². The van der Waals surface area contributed by atoms with Crippen LogP contribution in [0.15, 0.2) is 23.9 Å². The van der Waals surface area contributed by atoms with Crippen molar-refractivity contribution in [2.24, 2.45) is 5.73 Å². The lowest BCUT2D eigenvalue weighted by molar-refractivity contribution is 0.814. The summed E-state index contributed by atoms with van der Waals surface area (Å²) in [6.07, 6.45) is 9.65. The van der Waals surface area contributed by atoms with Crippen molar-refractivity contribution in [3.8, 4) is 0 Å². The van der Waals surface area contributed by atoms with E-state index in [0.717, 1.165) is 12.1 Å². The third-order valence-corrected chi connectivity index (χ3v) is 1.37. The Morgan fingerprint density at radius 1 is 1.50 bits per heavy atom. The molecule has 0 aliphatic heterocycles. The minimum Gasteiger partial charge on any atom is -0.399 e. The van der Waals surface area contributed by atoms with Gasteiger partial charge in [0.2, 0.25) is 0 Å². The summed E-state index contributed by atoms with van der Waals surface area (Å²) < 4.78 is 0. The molecule has 0 aromatic heterocycles. The molecule has 0 radical (unpaired) electrons. The van der Waals surface area contributed by atoms with Gasteiger partial charge < -0.3 is 5.73 Å². The summed E-state index contributed by atoms with van der Waals surface area (Å²) >= 11 is 0. The first-order valence-corrected chi connectivity index (χ1v) is 3.89. The predicted molar refractivity (Wildman–Crippen MR) is 46.6 cm³/mol. The summed E-state index contributed by atoms with van der Waals surface area (Å²) in [4.78, 5) is 0. The molecule has 58 valence electrons. The topological polar surface area (TPSA) is 26.0 Å². The van der Waals surface area contributed by atoms with Crippen LogP contribution in [-0.4, -0.2) is 0 Å². The highest BCUT2D eigenvalue weighted by Gasteiger charge is 1.78. The molecule has 1 nitrogen and oxygen atoms in total. The van der Waals surface area contributed by atoms with Crippen LogP contribution in [0, 0.1) is 0 Å². The van der Waals surface area contributed by atoms with Gasteiger partial charge in [0.15, 0.2) is 0 Å². The Bertz CT molecular complexity index is 123. The van der Waals surface area contributed by atoms with Crippen molar-refractivity contribution in [1.82, 2.24) is 0 Å². The fraction of sp³-hybridized carbons (Fsp3) is 0.556. The number of hydrogen-bond acceptors (Lipinski definition) is 1. The maximum absolute atomic E-state index is 5.53. The summed E-state index contributed by atoms with van der Waals surface area (Å²) in [5, 5.41) is 0. The quantitative estimate of drug-likeness (QED) is 0.470. The number of nitrogens with two attached hydrogens (primary N) is 1. The van der Waals surface area contributed by atoms with E-state index in [9.17, 15) is 0 Å². The van der Waals surface area contributed by atoms with Gasteiger partial charge in [-0.3, -0.25) is 0 Å². The van der Waals surface area contributed by atoms with Crippen LogP contribution in [0.5, 0.6) is 0 Å². The fourth-order valence-electron chi connectivity index (χ4n) is 0.638. The molecule has 1 heteroatoms. The van der Waals surface area contributed by atoms with Crippen molar-refractivity contribution in [2.45, 2.75) is 33.1 Å². The molecule has 0 aromatic rings. The van der Waals surface area contributed by atoms with Gasteiger partial charge in [-0.25, -0.2) is 0 Å². The molecule has 0 unspecified atom stereocenters. The lowest BCUT2D eigenvalue weighted by Crippen LogP contribution is -1.90. The largest absolute Gasteiger partial charge is 0.399 e. The summed E-state index contributed by atoms with van der Waals surface area (Å²) in [5.74, 6) is 0. The molecule has 0 aliphatic carbocycles. The van der Waals surface area contributed by atoms with Crippen LogP contribution < -0.4 is 5.73 Å². The van der Waals surface area contributed by atoms with Crippen LogP contribution in [0.2, 0.25) is 0 Å². The highest BCUT2D eigenvalue weighted by Crippen LogP contribution is 1.96. The van der Waals surface area contributed by atoms with E-state index in [1.807, 2.05) is 19.1 Å². The minimum atomic E-state index is 0.858. The van der Waals surface area contributed by atoms with E-state index in [1.54, 1.807) is 0 Å². The van der Waals surface area contributed by atoms with Crippen molar-refractivity contribution in [1.29, 1.82) is 0 Å². The zero-order valence-electron chi connectivity index (χ0n) is 6.93. The van der Waals surface area contributed by atoms with Gasteiger partial charge in [0.25, 0.3) is 0 Å². The average molecular weight is 139 g/mol. The van der Waals surface area contributed by atoms with Crippen molar-refractivity contribution in [3.05, 3.63) is 23.9 Å². The number of rotatable bonds is 4. The molecular weight excluding hydrogens is 122 g/mol. The summed E-state index contributed by atoms with van der Waals surface area (Å²) in [5.41, 5.74) is 6.39. The molecule has 2 N–H and O–H groups in total. The Labute approximate surface area is 63.6 Å². The minimum absolute atomic E-state index is 0.858. The van der Waals surface area contributed by atoms with Crippen LogP contribution in [0.1, 0.15) is 33.1 Å². The molecule has 0 heterocycles. The van der Waals surface area contributed by atoms with Gasteiger partial charge in [-0.15, -0.1) is 0 Å². The molecule has 0 spiro atoms. The van der Waals surface area contributed by atoms with E-state index in [4.69, 9.17) is 5.73 Å². The fourth-order valence-corrected chi connectivity index (χ4v) is 0.638. The van der Waals surface area contributed by atoms with Gasteiger partial charge >= 0.3 is 0 Å². The van der Waals surface area contributed by atoms with Crippen LogP contribution in [-0.2, 0) is 0 Å². The number of allylic oxidation sites excluding steroid dienone is 3. The van der Waals surface area contributed by atoms with Crippen LogP contribution in [0.25, 0.3) is 0 Å². The van der Waals surface area contributed by atoms with E-state index in [0.29, 0.717) is 0 Å². The second-order valence-corrected chi connectivity index (χ2v) is 2.33. The van der Waals surface area contributed by atoms with Crippen molar-refractivity contribution in [3.63, 3.8) is 0 Å². The SMILES string of the molecule is C/C=C(N)/C=C/CCCC. The second-order valence-electron chi connectivity index (χ2n) is 2.33. The van der Waals surface area contributed by atoms with Gasteiger partial charge in [0, 0.05) is 5.70 Å². The monoisotopic (exact) mass is 139 g/mol. The lowest BCUT2D eigenvalue weighted by atomic mass is 10.2. The Morgan fingerprint density at radius 2 is 2.20 bits per heavy atom. The standard InChI is InChI=1S/C9H17N/c1-3-5-6-7-8-9(10)4-2/h4,7-8H,3,5-6,10H2,1-2H3/b8-7+,9-4-. The maximum Gasteiger partial charge on any atom is 0.0267 e. The molecule has 0 fully saturated rings. The zero-order valence-corrected chi connectivity index (χ0v) is 6.93. The van der Waals surface area contributed by atoms with E-state index >= 15 is 0 Å². The third kappa shape index (κ3) is 5.42. The Morgan fingerprint density at radius 3 is 2.70 bits per heavy atom. The van der Waals surface area contributed by atoms with Crippen molar-refractivity contribution >= 4 is 0 Å². The predicted octanol–water partition coefficient (Wildman–Crippen LogP) is 2.60. The highest BCUT2D eigenvalue weighted by atomic mass is 14.5. The van der Waals surface area contributed by atoms with E-state index in [-0.39, 0.29) is 0 Å². The molecule has 0 rings (SSSR count).